The first kappa shape index (κ1) is 9.23. The molecular formula is C10H14NO. The van der Waals surface area contributed by atoms with Gasteiger partial charge in [-0.3, -0.25) is 4.90 Å². The first-order valence-corrected chi connectivity index (χ1v) is 4.13. The molecule has 2 nitrogen and oxygen atoms in total. The summed E-state index contributed by atoms with van der Waals surface area (Å²) in [7, 11) is 1.96. The number of likely N-dealkylation sites (N-methyl/N-ethyl adjacent to an activating group) is 1. The van der Waals surface area contributed by atoms with E-state index in [0.717, 1.165) is 6.54 Å². The van der Waals surface area contributed by atoms with Gasteiger partial charge < -0.3 is 0 Å². The van der Waals surface area contributed by atoms with Crippen LogP contribution < -0.4 is 0 Å². The zero-order valence-corrected chi connectivity index (χ0v) is 7.36. The molecular weight excluding hydrogens is 150 g/mol. The molecule has 0 saturated heterocycles. The monoisotopic (exact) mass is 164 g/mol. The SMILES string of the molecule is CN(CC[O])Cc1ccccc1. The number of hydrogen-bond acceptors (Lipinski definition) is 1. The van der Waals surface area contributed by atoms with E-state index in [-0.39, 0.29) is 6.61 Å². The van der Waals surface area contributed by atoms with Gasteiger partial charge in [-0.05, 0) is 12.6 Å². The molecule has 0 aromatic heterocycles. The average Bonchev–Trinajstić information content (AvgIpc) is 2.06. The number of benzene rings is 1. The van der Waals surface area contributed by atoms with Crippen molar-refractivity contribution in [2.75, 3.05) is 20.2 Å². The normalized spacial score (nSPS) is 10.6. The van der Waals surface area contributed by atoms with E-state index in [1.807, 2.05) is 30.1 Å². The number of nitrogens with zero attached hydrogens (tertiary/aromatic N) is 1. The third-order valence-corrected chi connectivity index (χ3v) is 1.77. The molecule has 0 saturated carbocycles. The zero-order valence-electron chi connectivity index (χ0n) is 7.36. The summed E-state index contributed by atoms with van der Waals surface area (Å²) >= 11 is 0. The number of hydrogen-bond donors (Lipinski definition) is 0. The van der Waals surface area contributed by atoms with Crippen LogP contribution in [-0.4, -0.2) is 25.1 Å². The molecule has 0 N–H and O–H groups in total. The van der Waals surface area contributed by atoms with Gasteiger partial charge in [-0.1, -0.05) is 30.3 Å². The highest BCUT2D eigenvalue weighted by atomic mass is 16.3. The second-order valence-electron chi connectivity index (χ2n) is 2.93. The molecule has 0 bridgehead atoms. The third-order valence-electron chi connectivity index (χ3n) is 1.77. The molecule has 65 valence electrons. The molecule has 0 aliphatic rings. The minimum Gasteiger partial charge on any atom is -0.300 e. The Kier molecular flexibility index (Phi) is 3.77. The highest BCUT2D eigenvalue weighted by Crippen LogP contribution is 2.01. The molecule has 1 aromatic carbocycles. The molecule has 12 heavy (non-hydrogen) atoms. The van der Waals surface area contributed by atoms with Crippen molar-refractivity contribution < 1.29 is 5.11 Å². The van der Waals surface area contributed by atoms with Crippen LogP contribution in [0, 0.1) is 0 Å². The van der Waals surface area contributed by atoms with E-state index in [4.69, 9.17) is 0 Å². The van der Waals surface area contributed by atoms with Crippen molar-refractivity contribution in [2.24, 2.45) is 0 Å². The molecule has 0 aliphatic carbocycles. The predicted octanol–water partition coefficient (Wildman–Crippen LogP) is 1.55. The van der Waals surface area contributed by atoms with Crippen molar-refractivity contribution in [1.82, 2.24) is 4.90 Å². The van der Waals surface area contributed by atoms with Crippen LogP contribution in [0.2, 0.25) is 0 Å². The molecule has 0 unspecified atom stereocenters. The first-order chi connectivity index (χ1) is 5.83. The van der Waals surface area contributed by atoms with Crippen LogP contribution >= 0.6 is 0 Å². The van der Waals surface area contributed by atoms with Crippen molar-refractivity contribution in [3.63, 3.8) is 0 Å². The van der Waals surface area contributed by atoms with Gasteiger partial charge in [0.15, 0.2) is 0 Å². The molecule has 0 fully saturated rings. The fourth-order valence-electron chi connectivity index (χ4n) is 1.13. The summed E-state index contributed by atoms with van der Waals surface area (Å²) in [5, 5.41) is 10.3. The summed E-state index contributed by atoms with van der Waals surface area (Å²) in [6, 6.07) is 10.2. The van der Waals surface area contributed by atoms with Crippen molar-refractivity contribution in [1.29, 1.82) is 0 Å². The van der Waals surface area contributed by atoms with Crippen LogP contribution in [0.15, 0.2) is 30.3 Å². The lowest BCUT2D eigenvalue weighted by atomic mass is 10.2. The van der Waals surface area contributed by atoms with Crippen LogP contribution in [0.5, 0.6) is 0 Å². The molecule has 0 spiro atoms. The topological polar surface area (TPSA) is 23.1 Å². The van der Waals surface area contributed by atoms with Gasteiger partial charge in [0.1, 0.15) is 0 Å². The summed E-state index contributed by atoms with van der Waals surface area (Å²) in [5.74, 6) is 0. The van der Waals surface area contributed by atoms with Crippen molar-refractivity contribution in [2.45, 2.75) is 6.54 Å². The van der Waals surface area contributed by atoms with E-state index >= 15 is 0 Å². The minimum absolute atomic E-state index is 0.0245. The van der Waals surface area contributed by atoms with Gasteiger partial charge in [0, 0.05) is 13.1 Å². The maximum absolute atomic E-state index is 10.3. The summed E-state index contributed by atoms with van der Waals surface area (Å²) in [4.78, 5) is 2.03. The van der Waals surface area contributed by atoms with Crippen LogP contribution in [0.1, 0.15) is 5.56 Å². The van der Waals surface area contributed by atoms with Gasteiger partial charge in [-0.25, -0.2) is 5.11 Å². The molecule has 1 aromatic rings. The van der Waals surface area contributed by atoms with E-state index < -0.39 is 0 Å². The molecule has 0 heterocycles. The Balaban J connectivity index is 2.41. The van der Waals surface area contributed by atoms with Gasteiger partial charge in [-0.15, -0.1) is 0 Å². The standard InChI is InChI=1S/C10H14NO/c1-11(7-8-12)9-10-5-3-2-4-6-10/h2-6H,7-9H2,1H3. The molecule has 2 heteroatoms. The Hall–Kier alpha value is -0.860. The summed E-state index contributed by atoms with van der Waals surface area (Å²) in [5.41, 5.74) is 1.26. The fourth-order valence-corrected chi connectivity index (χ4v) is 1.13. The van der Waals surface area contributed by atoms with Gasteiger partial charge >= 0.3 is 0 Å². The highest BCUT2D eigenvalue weighted by molar-refractivity contribution is 5.14. The second-order valence-corrected chi connectivity index (χ2v) is 2.93. The number of rotatable bonds is 4. The van der Waals surface area contributed by atoms with Gasteiger partial charge in [-0.2, -0.15) is 0 Å². The smallest absolute Gasteiger partial charge is 0.0949 e. The van der Waals surface area contributed by atoms with Crippen molar-refractivity contribution >= 4 is 0 Å². The van der Waals surface area contributed by atoms with E-state index in [1.165, 1.54) is 5.56 Å². The average molecular weight is 164 g/mol. The highest BCUT2D eigenvalue weighted by Gasteiger charge is 1.97. The van der Waals surface area contributed by atoms with E-state index in [9.17, 15) is 5.11 Å². The van der Waals surface area contributed by atoms with Gasteiger partial charge in [0.25, 0.3) is 0 Å². The molecule has 0 atom stereocenters. The molecule has 0 amide bonds. The lowest BCUT2D eigenvalue weighted by molar-refractivity contribution is 0.151. The fraction of sp³-hybridized carbons (Fsp3) is 0.400. The molecule has 1 rings (SSSR count). The summed E-state index contributed by atoms with van der Waals surface area (Å²) in [6.07, 6.45) is 0. The van der Waals surface area contributed by atoms with Crippen LogP contribution in [0.3, 0.4) is 0 Å². The first-order valence-electron chi connectivity index (χ1n) is 4.13. The van der Waals surface area contributed by atoms with Crippen LogP contribution in [-0.2, 0) is 11.7 Å². The van der Waals surface area contributed by atoms with E-state index in [1.54, 1.807) is 0 Å². The molecule has 0 aliphatic heterocycles. The second kappa shape index (κ2) is 4.91. The van der Waals surface area contributed by atoms with Gasteiger partial charge in [0.05, 0.1) is 6.61 Å². The quantitative estimate of drug-likeness (QED) is 0.662. The lowest BCUT2D eigenvalue weighted by Gasteiger charge is -2.13. The maximum atomic E-state index is 10.3. The third kappa shape index (κ3) is 3.03. The van der Waals surface area contributed by atoms with Crippen LogP contribution in [0.4, 0.5) is 0 Å². The van der Waals surface area contributed by atoms with E-state index in [2.05, 4.69) is 12.1 Å². The Bertz CT molecular complexity index is 210. The summed E-state index contributed by atoms with van der Waals surface area (Å²) < 4.78 is 0. The zero-order chi connectivity index (χ0) is 8.81. The Labute approximate surface area is 73.4 Å². The lowest BCUT2D eigenvalue weighted by Crippen LogP contribution is -2.20. The van der Waals surface area contributed by atoms with Gasteiger partial charge in [0.2, 0.25) is 0 Å². The van der Waals surface area contributed by atoms with Crippen molar-refractivity contribution in [3.05, 3.63) is 35.9 Å². The van der Waals surface area contributed by atoms with Crippen molar-refractivity contribution in [3.8, 4) is 0 Å². The Morgan fingerprint density at radius 2 is 1.92 bits per heavy atom. The molecule has 1 radical (unpaired) electrons. The minimum atomic E-state index is -0.0245. The summed E-state index contributed by atoms with van der Waals surface area (Å²) in [6.45, 7) is 1.46. The predicted molar refractivity (Wildman–Crippen MR) is 48.3 cm³/mol. The van der Waals surface area contributed by atoms with E-state index in [0.29, 0.717) is 6.54 Å². The Morgan fingerprint density at radius 3 is 2.50 bits per heavy atom. The Morgan fingerprint density at radius 1 is 1.25 bits per heavy atom. The maximum Gasteiger partial charge on any atom is 0.0949 e. The van der Waals surface area contributed by atoms with Crippen LogP contribution in [0.25, 0.3) is 0 Å². The largest absolute Gasteiger partial charge is 0.300 e.